The average Bonchev–Trinajstić information content (AvgIpc) is 2.56. The fraction of sp³-hybridized carbons (Fsp3) is 0.938. The second-order valence-corrected chi connectivity index (χ2v) is 8.00. The number of hydrogen-bond donors (Lipinski definition) is 0. The highest BCUT2D eigenvalue weighted by molar-refractivity contribution is 5.71. The van der Waals surface area contributed by atoms with Crippen molar-refractivity contribution in [2.45, 2.75) is 72.5 Å². The molecule has 0 amide bonds. The molecular weight excluding hydrogens is 240 g/mol. The van der Waals surface area contributed by atoms with Crippen LogP contribution in [0.1, 0.15) is 60.8 Å². The molecule has 0 spiro atoms. The molecule has 19 heavy (non-hydrogen) atoms. The van der Waals surface area contributed by atoms with Crippen molar-refractivity contribution in [1.82, 2.24) is 0 Å². The standard InChI is InChI=1S/C16H28O3/c1-14(2,3)19-13(17)10-18-12-9-11-7-8-16(12,6)15(11,4)5/h11-12H,7-10H2,1-6H3. The maximum Gasteiger partial charge on any atom is 0.332 e. The van der Waals surface area contributed by atoms with Crippen molar-refractivity contribution in [3.05, 3.63) is 0 Å². The molecule has 0 aromatic rings. The minimum Gasteiger partial charge on any atom is -0.458 e. The molecule has 2 saturated carbocycles. The van der Waals surface area contributed by atoms with E-state index in [1.165, 1.54) is 12.8 Å². The highest BCUT2D eigenvalue weighted by atomic mass is 16.6. The third-order valence-corrected chi connectivity index (χ3v) is 5.54. The van der Waals surface area contributed by atoms with Gasteiger partial charge in [0.25, 0.3) is 0 Å². The van der Waals surface area contributed by atoms with Crippen LogP contribution in [0, 0.1) is 16.7 Å². The van der Waals surface area contributed by atoms with Gasteiger partial charge >= 0.3 is 5.97 Å². The van der Waals surface area contributed by atoms with Crippen molar-refractivity contribution in [2.24, 2.45) is 16.7 Å². The first kappa shape index (κ1) is 14.8. The largest absolute Gasteiger partial charge is 0.458 e. The molecule has 3 heteroatoms. The van der Waals surface area contributed by atoms with Gasteiger partial charge in [0.05, 0.1) is 6.10 Å². The Labute approximate surface area is 117 Å². The summed E-state index contributed by atoms with van der Waals surface area (Å²) in [6.45, 7) is 12.7. The molecule has 2 rings (SSSR count). The summed E-state index contributed by atoms with van der Waals surface area (Å²) in [4.78, 5) is 11.7. The summed E-state index contributed by atoms with van der Waals surface area (Å²) in [5.74, 6) is 0.484. The second-order valence-electron chi connectivity index (χ2n) is 8.00. The number of carbonyl (C=O) groups is 1. The van der Waals surface area contributed by atoms with Gasteiger partial charge in [0.15, 0.2) is 0 Å². The van der Waals surface area contributed by atoms with E-state index in [2.05, 4.69) is 20.8 Å². The van der Waals surface area contributed by atoms with Crippen LogP contribution in [-0.2, 0) is 14.3 Å². The number of ether oxygens (including phenoxy) is 2. The lowest BCUT2D eigenvalue weighted by Crippen LogP contribution is -2.38. The Morgan fingerprint density at radius 3 is 2.32 bits per heavy atom. The summed E-state index contributed by atoms with van der Waals surface area (Å²) in [5, 5.41) is 0. The van der Waals surface area contributed by atoms with Crippen LogP contribution in [0.5, 0.6) is 0 Å². The zero-order valence-corrected chi connectivity index (χ0v) is 13.2. The Balaban J connectivity index is 1.91. The van der Waals surface area contributed by atoms with Gasteiger partial charge in [-0.3, -0.25) is 0 Å². The molecule has 0 aliphatic heterocycles. The van der Waals surface area contributed by atoms with Crippen molar-refractivity contribution < 1.29 is 14.3 Å². The van der Waals surface area contributed by atoms with Gasteiger partial charge in [0.1, 0.15) is 12.2 Å². The molecule has 3 unspecified atom stereocenters. The molecule has 0 saturated heterocycles. The van der Waals surface area contributed by atoms with E-state index < -0.39 is 5.60 Å². The van der Waals surface area contributed by atoms with Gasteiger partial charge in [-0.05, 0) is 56.8 Å². The minimum absolute atomic E-state index is 0.0837. The van der Waals surface area contributed by atoms with Crippen LogP contribution >= 0.6 is 0 Å². The molecule has 0 heterocycles. The SMILES string of the molecule is CC(C)(C)OC(=O)COC1CC2CCC1(C)C2(C)C. The number of rotatable bonds is 3. The lowest BCUT2D eigenvalue weighted by molar-refractivity contribution is -0.165. The maximum atomic E-state index is 11.7. The first-order valence-electron chi connectivity index (χ1n) is 7.40. The lowest BCUT2D eigenvalue weighted by Gasteiger charge is -2.38. The van der Waals surface area contributed by atoms with E-state index in [0.717, 1.165) is 12.3 Å². The predicted octanol–water partition coefficient (Wildman–Crippen LogP) is 3.56. The minimum atomic E-state index is -0.432. The zero-order chi connectivity index (χ0) is 14.5. The fourth-order valence-electron chi connectivity index (χ4n) is 3.92. The van der Waals surface area contributed by atoms with E-state index in [1.807, 2.05) is 20.8 Å². The van der Waals surface area contributed by atoms with Crippen LogP contribution < -0.4 is 0 Å². The molecule has 0 aromatic heterocycles. The van der Waals surface area contributed by atoms with E-state index in [4.69, 9.17) is 9.47 Å². The summed E-state index contributed by atoms with van der Waals surface area (Å²) in [5.41, 5.74) is 0.101. The average molecular weight is 268 g/mol. The Morgan fingerprint density at radius 2 is 1.89 bits per heavy atom. The van der Waals surface area contributed by atoms with Crippen molar-refractivity contribution in [3.63, 3.8) is 0 Å². The van der Waals surface area contributed by atoms with Gasteiger partial charge in [-0.15, -0.1) is 0 Å². The van der Waals surface area contributed by atoms with E-state index in [1.54, 1.807) is 0 Å². The summed E-state index contributed by atoms with van der Waals surface area (Å²) in [7, 11) is 0. The molecule has 2 aliphatic rings. The number of esters is 1. The molecule has 0 N–H and O–H groups in total. The number of fused-ring (bicyclic) bond motifs is 2. The lowest BCUT2D eigenvalue weighted by atomic mass is 9.70. The number of carbonyl (C=O) groups excluding carboxylic acids is 1. The quantitative estimate of drug-likeness (QED) is 0.734. The summed E-state index contributed by atoms with van der Waals surface area (Å²) >= 11 is 0. The van der Waals surface area contributed by atoms with Crippen molar-refractivity contribution in [2.75, 3.05) is 6.61 Å². The van der Waals surface area contributed by atoms with Gasteiger partial charge in [0, 0.05) is 0 Å². The van der Waals surface area contributed by atoms with Gasteiger partial charge in [-0.25, -0.2) is 4.79 Å². The van der Waals surface area contributed by atoms with Crippen LogP contribution in [0.15, 0.2) is 0 Å². The molecule has 3 atom stereocenters. The van der Waals surface area contributed by atoms with E-state index in [9.17, 15) is 4.79 Å². The molecule has 0 radical (unpaired) electrons. The monoisotopic (exact) mass is 268 g/mol. The first-order chi connectivity index (χ1) is 8.56. The molecule has 2 fully saturated rings. The molecule has 2 aliphatic carbocycles. The Hall–Kier alpha value is -0.570. The van der Waals surface area contributed by atoms with Crippen LogP contribution in [0.3, 0.4) is 0 Å². The van der Waals surface area contributed by atoms with Gasteiger partial charge in [-0.1, -0.05) is 20.8 Å². The smallest absolute Gasteiger partial charge is 0.332 e. The van der Waals surface area contributed by atoms with Crippen LogP contribution in [0.2, 0.25) is 0 Å². The molecular formula is C16H28O3. The molecule has 2 bridgehead atoms. The van der Waals surface area contributed by atoms with E-state index in [0.29, 0.717) is 5.41 Å². The third kappa shape index (κ3) is 2.54. The normalized spacial score (nSPS) is 36.5. The maximum absolute atomic E-state index is 11.7. The Bertz CT molecular complexity index is 367. The highest BCUT2D eigenvalue weighted by Gasteiger charge is 2.61. The van der Waals surface area contributed by atoms with Crippen LogP contribution in [0.4, 0.5) is 0 Å². The summed E-state index contributed by atoms with van der Waals surface area (Å²) < 4.78 is 11.2. The molecule has 3 nitrogen and oxygen atoms in total. The van der Waals surface area contributed by atoms with Crippen LogP contribution in [0.25, 0.3) is 0 Å². The Morgan fingerprint density at radius 1 is 1.26 bits per heavy atom. The first-order valence-corrected chi connectivity index (χ1v) is 7.40. The topological polar surface area (TPSA) is 35.5 Å². The van der Waals surface area contributed by atoms with Crippen LogP contribution in [-0.4, -0.2) is 24.3 Å². The second kappa shape index (κ2) is 4.47. The van der Waals surface area contributed by atoms with E-state index in [-0.39, 0.29) is 24.1 Å². The van der Waals surface area contributed by atoms with Crippen molar-refractivity contribution >= 4 is 5.97 Å². The number of hydrogen-bond acceptors (Lipinski definition) is 3. The molecule has 110 valence electrons. The fourth-order valence-corrected chi connectivity index (χ4v) is 3.92. The van der Waals surface area contributed by atoms with Crippen molar-refractivity contribution in [1.29, 1.82) is 0 Å². The zero-order valence-electron chi connectivity index (χ0n) is 13.2. The summed E-state index contributed by atoms with van der Waals surface area (Å²) in [6.07, 6.45) is 3.81. The Kier molecular flexibility index (Phi) is 3.49. The predicted molar refractivity (Wildman–Crippen MR) is 74.8 cm³/mol. The summed E-state index contributed by atoms with van der Waals surface area (Å²) in [6, 6.07) is 0. The van der Waals surface area contributed by atoms with Gasteiger partial charge in [-0.2, -0.15) is 0 Å². The van der Waals surface area contributed by atoms with Crippen molar-refractivity contribution in [3.8, 4) is 0 Å². The van der Waals surface area contributed by atoms with E-state index >= 15 is 0 Å². The third-order valence-electron chi connectivity index (χ3n) is 5.54. The van der Waals surface area contributed by atoms with Gasteiger partial charge < -0.3 is 9.47 Å². The van der Waals surface area contributed by atoms with Gasteiger partial charge in [0.2, 0.25) is 0 Å². The molecule has 0 aromatic carbocycles. The highest BCUT2D eigenvalue weighted by Crippen LogP contribution is 2.66.